The molecule has 0 saturated heterocycles. The van der Waals surface area contributed by atoms with Crippen molar-refractivity contribution in [3.63, 3.8) is 0 Å². The smallest absolute Gasteiger partial charge is 0.283 e. The molecule has 0 spiro atoms. The zero-order valence-electron chi connectivity index (χ0n) is 17.3. The highest BCUT2D eigenvalue weighted by Crippen LogP contribution is 2.31. The molecule has 0 bridgehead atoms. The molecule has 1 heterocycles. The highest BCUT2D eigenvalue weighted by atomic mass is 35.5. The van der Waals surface area contributed by atoms with Crippen LogP contribution in [0.2, 0.25) is 0 Å². The summed E-state index contributed by atoms with van der Waals surface area (Å²) in [6, 6.07) is 18.9. The van der Waals surface area contributed by atoms with Crippen LogP contribution in [0.5, 0.6) is 11.5 Å². The molecule has 3 amide bonds. The molecule has 8 nitrogen and oxygen atoms in total. The van der Waals surface area contributed by atoms with Crippen LogP contribution in [0.25, 0.3) is 0 Å². The summed E-state index contributed by atoms with van der Waals surface area (Å²) < 4.78 is 5.10. The second-order valence-corrected chi connectivity index (χ2v) is 7.42. The molecule has 0 saturated carbocycles. The second-order valence-electron chi connectivity index (χ2n) is 7.04. The van der Waals surface area contributed by atoms with Crippen LogP contribution in [0.3, 0.4) is 0 Å². The third-order valence-electron chi connectivity index (χ3n) is 4.86. The average Bonchev–Trinajstić information content (AvgIpc) is 3.02. The van der Waals surface area contributed by atoms with Crippen LogP contribution in [-0.4, -0.2) is 29.9 Å². The molecule has 166 valence electrons. The summed E-state index contributed by atoms with van der Waals surface area (Å²) in [5, 5.41) is 14.8. The summed E-state index contributed by atoms with van der Waals surface area (Å²) in [5.74, 6) is -1.10. The largest absolute Gasteiger partial charge is 0.508 e. The third kappa shape index (κ3) is 4.51. The van der Waals surface area contributed by atoms with Crippen LogP contribution in [-0.2, 0) is 9.59 Å². The van der Waals surface area contributed by atoms with Gasteiger partial charge in [-0.05, 0) is 54.6 Å². The lowest BCUT2D eigenvalue weighted by Crippen LogP contribution is -2.32. The minimum absolute atomic E-state index is 0.0237. The monoisotopic (exact) mass is 463 g/mol. The maximum absolute atomic E-state index is 12.9. The quantitative estimate of drug-likeness (QED) is 0.475. The van der Waals surface area contributed by atoms with Gasteiger partial charge in [-0.25, -0.2) is 4.90 Å². The van der Waals surface area contributed by atoms with Gasteiger partial charge >= 0.3 is 0 Å². The van der Waals surface area contributed by atoms with E-state index in [0.29, 0.717) is 28.4 Å². The van der Waals surface area contributed by atoms with Crippen LogP contribution >= 0.6 is 11.6 Å². The van der Waals surface area contributed by atoms with Crippen molar-refractivity contribution in [3.8, 4) is 11.5 Å². The summed E-state index contributed by atoms with van der Waals surface area (Å²) in [6.45, 7) is 0. The number of nitrogens with one attached hydrogen (secondary N) is 2. The van der Waals surface area contributed by atoms with E-state index < -0.39 is 17.7 Å². The fourth-order valence-corrected chi connectivity index (χ4v) is 3.46. The van der Waals surface area contributed by atoms with Crippen LogP contribution in [0, 0.1) is 0 Å². The average molecular weight is 464 g/mol. The number of hydrogen-bond donors (Lipinski definition) is 3. The van der Waals surface area contributed by atoms with Crippen molar-refractivity contribution in [2.75, 3.05) is 22.6 Å². The van der Waals surface area contributed by atoms with Crippen LogP contribution in [0.15, 0.2) is 83.5 Å². The molecule has 0 atom stereocenters. The zero-order valence-corrected chi connectivity index (χ0v) is 18.1. The molecular weight excluding hydrogens is 446 g/mol. The van der Waals surface area contributed by atoms with Gasteiger partial charge < -0.3 is 20.5 Å². The molecule has 0 aromatic heterocycles. The SMILES string of the molecule is COc1ccc(N2C(=O)C(Cl)=C(Nc3cccc(C(=O)Nc4cccc(O)c4)c3)C2=O)cc1. The van der Waals surface area contributed by atoms with E-state index in [-0.39, 0.29) is 16.5 Å². The predicted octanol–water partition coefficient (Wildman–Crippen LogP) is 4.09. The summed E-state index contributed by atoms with van der Waals surface area (Å²) in [5.41, 5.74) is 1.37. The molecule has 33 heavy (non-hydrogen) atoms. The Hall–Kier alpha value is -4.30. The first-order chi connectivity index (χ1) is 15.9. The van der Waals surface area contributed by atoms with Gasteiger partial charge in [0.2, 0.25) is 0 Å². The number of benzene rings is 3. The number of amides is 3. The van der Waals surface area contributed by atoms with E-state index in [0.717, 1.165) is 4.90 Å². The van der Waals surface area contributed by atoms with Gasteiger partial charge in [0.15, 0.2) is 0 Å². The van der Waals surface area contributed by atoms with Gasteiger partial charge in [-0.2, -0.15) is 0 Å². The van der Waals surface area contributed by atoms with E-state index in [4.69, 9.17) is 16.3 Å². The number of anilines is 3. The molecule has 0 unspecified atom stereocenters. The van der Waals surface area contributed by atoms with Gasteiger partial charge in [0, 0.05) is 23.0 Å². The lowest BCUT2D eigenvalue weighted by atomic mass is 10.1. The number of rotatable bonds is 6. The number of nitrogens with zero attached hydrogens (tertiary/aromatic N) is 1. The van der Waals surface area contributed by atoms with Gasteiger partial charge in [-0.1, -0.05) is 23.7 Å². The Morgan fingerprint density at radius 1 is 0.939 bits per heavy atom. The standard InChI is InChI=1S/C24H18ClN3O5/c1-33-19-10-8-17(9-11-19)28-23(31)20(25)21(24(28)32)26-15-5-2-4-14(12-15)22(30)27-16-6-3-7-18(29)13-16/h2-13,26,29H,1H3,(H,27,30). The van der Waals surface area contributed by atoms with Gasteiger partial charge in [-0.3, -0.25) is 14.4 Å². The molecule has 0 radical (unpaired) electrons. The fourth-order valence-electron chi connectivity index (χ4n) is 3.25. The molecule has 4 rings (SSSR count). The lowest BCUT2D eigenvalue weighted by Gasteiger charge is -2.15. The number of carbonyl (C=O) groups is 3. The first-order valence-electron chi connectivity index (χ1n) is 9.77. The van der Waals surface area contributed by atoms with E-state index in [1.165, 1.54) is 25.3 Å². The second kappa shape index (κ2) is 9.05. The molecule has 3 aromatic carbocycles. The number of phenols is 1. The maximum Gasteiger partial charge on any atom is 0.283 e. The maximum atomic E-state index is 12.9. The minimum Gasteiger partial charge on any atom is -0.508 e. The van der Waals surface area contributed by atoms with Gasteiger partial charge in [-0.15, -0.1) is 0 Å². The van der Waals surface area contributed by atoms with E-state index in [9.17, 15) is 19.5 Å². The van der Waals surface area contributed by atoms with Crippen LogP contribution < -0.4 is 20.3 Å². The Kier molecular flexibility index (Phi) is 6.01. The molecule has 3 N–H and O–H groups in total. The Bertz CT molecular complexity index is 1290. The van der Waals surface area contributed by atoms with Crippen molar-refractivity contribution in [3.05, 3.63) is 89.1 Å². The third-order valence-corrected chi connectivity index (χ3v) is 5.21. The number of aromatic hydroxyl groups is 1. The molecular formula is C24H18ClN3O5. The minimum atomic E-state index is -0.660. The molecule has 0 aliphatic carbocycles. The fraction of sp³-hybridized carbons (Fsp3) is 0.0417. The Labute approximate surface area is 194 Å². The van der Waals surface area contributed by atoms with Crippen molar-refractivity contribution in [1.29, 1.82) is 0 Å². The van der Waals surface area contributed by atoms with E-state index in [1.807, 2.05) is 0 Å². The highest BCUT2D eigenvalue weighted by Gasteiger charge is 2.39. The zero-order chi connectivity index (χ0) is 23.5. The molecule has 1 aliphatic rings. The van der Waals surface area contributed by atoms with Crippen molar-refractivity contribution >= 4 is 46.4 Å². The lowest BCUT2D eigenvalue weighted by molar-refractivity contribution is -0.120. The predicted molar refractivity (Wildman–Crippen MR) is 124 cm³/mol. The summed E-state index contributed by atoms with van der Waals surface area (Å²) >= 11 is 6.18. The number of carbonyl (C=O) groups excluding carboxylic acids is 3. The summed E-state index contributed by atoms with van der Waals surface area (Å²) in [7, 11) is 1.51. The topological polar surface area (TPSA) is 108 Å². The summed E-state index contributed by atoms with van der Waals surface area (Å²) in [6.07, 6.45) is 0. The number of hydrogen-bond acceptors (Lipinski definition) is 6. The van der Waals surface area contributed by atoms with Crippen molar-refractivity contribution in [2.45, 2.75) is 0 Å². The van der Waals surface area contributed by atoms with Gasteiger partial charge in [0.1, 0.15) is 22.2 Å². The Balaban J connectivity index is 1.53. The van der Waals surface area contributed by atoms with Crippen LogP contribution in [0.1, 0.15) is 10.4 Å². The number of ether oxygens (including phenoxy) is 1. The van der Waals surface area contributed by atoms with E-state index in [2.05, 4.69) is 10.6 Å². The molecule has 1 aliphatic heterocycles. The van der Waals surface area contributed by atoms with Crippen molar-refractivity contribution in [1.82, 2.24) is 0 Å². The number of methoxy groups -OCH3 is 1. The van der Waals surface area contributed by atoms with Crippen molar-refractivity contribution < 1.29 is 24.2 Å². The van der Waals surface area contributed by atoms with Crippen molar-refractivity contribution in [2.24, 2.45) is 0 Å². The van der Waals surface area contributed by atoms with E-state index in [1.54, 1.807) is 54.6 Å². The first-order valence-corrected chi connectivity index (χ1v) is 10.2. The van der Waals surface area contributed by atoms with E-state index >= 15 is 0 Å². The molecule has 3 aromatic rings. The molecule has 0 fully saturated rings. The number of imide groups is 1. The number of halogens is 1. The molecule has 9 heteroatoms. The number of phenolic OH excluding ortho intramolecular Hbond substituents is 1. The van der Waals surface area contributed by atoms with Gasteiger partial charge in [0.05, 0.1) is 12.8 Å². The highest BCUT2D eigenvalue weighted by molar-refractivity contribution is 6.53. The normalized spacial score (nSPS) is 13.3. The Morgan fingerprint density at radius 3 is 2.33 bits per heavy atom. The first kappa shape index (κ1) is 21.9. The van der Waals surface area contributed by atoms with Gasteiger partial charge in [0.25, 0.3) is 17.7 Å². The Morgan fingerprint density at radius 2 is 1.64 bits per heavy atom. The van der Waals surface area contributed by atoms with Crippen LogP contribution in [0.4, 0.5) is 17.1 Å². The summed E-state index contributed by atoms with van der Waals surface area (Å²) in [4.78, 5) is 39.1.